The molecule has 148 valence electrons. The summed E-state index contributed by atoms with van der Waals surface area (Å²) in [6.07, 6.45) is 6.00. The molecule has 2 aromatic heterocycles. The Hall–Kier alpha value is -3.19. The van der Waals surface area contributed by atoms with Crippen LogP contribution in [0, 0.1) is 5.82 Å². The number of rotatable bonds is 4. The van der Waals surface area contributed by atoms with Crippen LogP contribution in [0.1, 0.15) is 28.9 Å². The van der Waals surface area contributed by atoms with Gasteiger partial charge in [0.05, 0.1) is 16.9 Å². The predicted molar refractivity (Wildman–Crippen MR) is 105 cm³/mol. The number of pyridine rings is 1. The number of carbonyl (C=O) groups excluding carboxylic acids is 1. The van der Waals surface area contributed by atoms with E-state index in [-0.39, 0.29) is 11.5 Å². The van der Waals surface area contributed by atoms with E-state index in [1.54, 1.807) is 29.4 Å². The third-order valence-corrected chi connectivity index (χ3v) is 5.29. The van der Waals surface area contributed by atoms with Gasteiger partial charge < -0.3 is 10.0 Å². The smallest absolute Gasteiger partial charge is 0.254 e. The SMILES string of the molecule is O=C(c1cc(F)ccc1-c1ccncn1)N1CCC(O)(Cc2ccccn2)CC1. The average Bonchev–Trinajstić information content (AvgIpc) is 2.75. The van der Waals surface area contributed by atoms with E-state index in [9.17, 15) is 14.3 Å². The van der Waals surface area contributed by atoms with E-state index in [2.05, 4.69) is 15.0 Å². The van der Waals surface area contributed by atoms with Crippen molar-refractivity contribution < 1.29 is 14.3 Å². The van der Waals surface area contributed by atoms with Gasteiger partial charge in [-0.15, -0.1) is 0 Å². The standard InChI is InChI=1S/C22H21FN4O2/c23-16-4-5-18(20-6-10-24-15-26-20)19(13-16)21(28)27-11-7-22(29,8-12-27)14-17-3-1-2-9-25-17/h1-6,9-10,13,15,29H,7-8,11-12,14H2. The minimum Gasteiger partial charge on any atom is -0.389 e. The highest BCUT2D eigenvalue weighted by molar-refractivity contribution is 6.00. The number of halogens is 1. The van der Waals surface area contributed by atoms with Crippen LogP contribution in [0.4, 0.5) is 4.39 Å². The lowest BCUT2D eigenvalue weighted by Crippen LogP contribution is -2.48. The van der Waals surface area contributed by atoms with E-state index in [4.69, 9.17) is 0 Å². The quantitative estimate of drug-likeness (QED) is 0.739. The maximum Gasteiger partial charge on any atom is 0.254 e. The molecule has 0 saturated carbocycles. The number of piperidine rings is 1. The maximum atomic E-state index is 13.9. The average molecular weight is 392 g/mol. The summed E-state index contributed by atoms with van der Waals surface area (Å²) >= 11 is 0. The highest BCUT2D eigenvalue weighted by Gasteiger charge is 2.35. The lowest BCUT2D eigenvalue weighted by Gasteiger charge is -2.38. The van der Waals surface area contributed by atoms with Crippen LogP contribution in [0.3, 0.4) is 0 Å². The van der Waals surface area contributed by atoms with Crippen molar-refractivity contribution in [2.75, 3.05) is 13.1 Å². The molecule has 1 aromatic carbocycles. The second-order valence-corrected chi connectivity index (χ2v) is 7.30. The lowest BCUT2D eigenvalue weighted by molar-refractivity contribution is -0.0168. The molecule has 7 heteroatoms. The minimum atomic E-state index is -0.900. The highest BCUT2D eigenvalue weighted by atomic mass is 19.1. The first-order valence-corrected chi connectivity index (χ1v) is 9.52. The maximum absolute atomic E-state index is 13.9. The lowest BCUT2D eigenvalue weighted by atomic mass is 9.86. The molecule has 1 aliphatic rings. The summed E-state index contributed by atoms with van der Waals surface area (Å²) in [6, 6.07) is 11.4. The first-order chi connectivity index (χ1) is 14.0. The van der Waals surface area contributed by atoms with Crippen LogP contribution in [-0.4, -0.2) is 49.6 Å². The van der Waals surface area contributed by atoms with Gasteiger partial charge in [0.1, 0.15) is 12.1 Å². The monoisotopic (exact) mass is 392 g/mol. The molecule has 0 atom stereocenters. The molecule has 3 aromatic rings. The molecule has 0 radical (unpaired) electrons. The molecule has 1 N–H and O–H groups in total. The summed E-state index contributed by atoms with van der Waals surface area (Å²) in [5.41, 5.74) is 1.31. The van der Waals surface area contributed by atoms with Crippen LogP contribution in [0.15, 0.2) is 61.2 Å². The topological polar surface area (TPSA) is 79.2 Å². The Labute approximate surface area is 168 Å². The van der Waals surface area contributed by atoms with Crippen LogP contribution in [0.5, 0.6) is 0 Å². The van der Waals surface area contributed by atoms with E-state index >= 15 is 0 Å². The second kappa shape index (κ2) is 8.05. The zero-order chi connectivity index (χ0) is 20.3. The van der Waals surface area contributed by atoms with Crippen molar-refractivity contribution in [3.63, 3.8) is 0 Å². The second-order valence-electron chi connectivity index (χ2n) is 7.30. The molecular formula is C22H21FN4O2. The number of hydrogen-bond acceptors (Lipinski definition) is 5. The molecule has 3 heterocycles. The van der Waals surface area contributed by atoms with Crippen molar-refractivity contribution >= 4 is 5.91 Å². The van der Waals surface area contributed by atoms with E-state index in [0.717, 1.165) is 5.69 Å². The summed E-state index contributed by atoms with van der Waals surface area (Å²) in [7, 11) is 0. The summed E-state index contributed by atoms with van der Waals surface area (Å²) in [4.78, 5) is 27.2. The molecule has 29 heavy (non-hydrogen) atoms. The number of aromatic nitrogens is 3. The zero-order valence-corrected chi connectivity index (χ0v) is 15.8. The first-order valence-electron chi connectivity index (χ1n) is 9.52. The number of amides is 1. The van der Waals surface area contributed by atoms with Crippen molar-refractivity contribution in [2.45, 2.75) is 24.9 Å². The molecule has 1 amide bonds. The van der Waals surface area contributed by atoms with Crippen LogP contribution in [0.2, 0.25) is 0 Å². The van der Waals surface area contributed by atoms with Gasteiger partial charge in [0.25, 0.3) is 5.91 Å². The largest absolute Gasteiger partial charge is 0.389 e. The van der Waals surface area contributed by atoms with Gasteiger partial charge in [-0.2, -0.15) is 0 Å². The van der Waals surface area contributed by atoms with Gasteiger partial charge in [-0.1, -0.05) is 6.07 Å². The number of aliphatic hydroxyl groups is 1. The zero-order valence-electron chi connectivity index (χ0n) is 15.8. The minimum absolute atomic E-state index is 0.263. The Kier molecular flexibility index (Phi) is 5.31. The molecular weight excluding hydrogens is 371 g/mol. The van der Waals surface area contributed by atoms with E-state index in [1.807, 2.05) is 18.2 Å². The molecule has 6 nitrogen and oxygen atoms in total. The van der Waals surface area contributed by atoms with Crippen molar-refractivity contribution in [3.8, 4) is 11.3 Å². The molecule has 1 saturated heterocycles. The fourth-order valence-electron chi connectivity index (χ4n) is 3.68. The van der Waals surface area contributed by atoms with Gasteiger partial charge in [0, 0.05) is 43.2 Å². The van der Waals surface area contributed by atoms with Gasteiger partial charge in [-0.25, -0.2) is 14.4 Å². The van der Waals surface area contributed by atoms with Gasteiger partial charge in [-0.3, -0.25) is 9.78 Å². The summed E-state index contributed by atoms with van der Waals surface area (Å²) in [5.74, 6) is -0.743. The Bertz CT molecular complexity index is 990. The normalized spacial score (nSPS) is 15.9. The Morgan fingerprint density at radius 2 is 1.93 bits per heavy atom. The van der Waals surface area contributed by atoms with E-state index in [0.29, 0.717) is 43.6 Å². The van der Waals surface area contributed by atoms with Crippen LogP contribution in [0.25, 0.3) is 11.3 Å². The van der Waals surface area contributed by atoms with Crippen LogP contribution >= 0.6 is 0 Å². The fraction of sp³-hybridized carbons (Fsp3) is 0.273. The number of carbonyl (C=O) groups is 1. The Morgan fingerprint density at radius 1 is 1.10 bits per heavy atom. The van der Waals surface area contributed by atoms with Crippen molar-refractivity contribution in [3.05, 3.63) is 78.3 Å². The van der Waals surface area contributed by atoms with Gasteiger partial charge in [-0.05, 0) is 49.2 Å². The first kappa shape index (κ1) is 19.1. The number of nitrogens with zero attached hydrogens (tertiary/aromatic N) is 4. The molecule has 1 aliphatic heterocycles. The van der Waals surface area contributed by atoms with Crippen molar-refractivity contribution in [1.82, 2.24) is 19.9 Å². The summed E-state index contributed by atoms with van der Waals surface area (Å²) < 4.78 is 13.9. The van der Waals surface area contributed by atoms with Gasteiger partial charge in [0.15, 0.2) is 0 Å². The summed E-state index contributed by atoms with van der Waals surface area (Å²) in [5, 5.41) is 10.9. The number of benzene rings is 1. The van der Waals surface area contributed by atoms with Gasteiger partial charge >= 0.3 is 0 Å². The Morgan fingerprint density at radius 3 is 2.62 bits per heavy atom. The van der Waals surface area contributed by atoms with Crippen LogP contribution in [-0.2, 0) is 6.42 Å². The molecule has 0 unspecified atom stereocenters. The number of hydrogen-bond donors (Lipinski definition) is 1. The predicted octanol–water partition coefficient (Wildman–Crippen LogP) is 2.89. The van der Waals surface area contributed by atoms with Crippen molar-refractivity contribution in [2.24, 2.45) is 0 Å². The third-order valence-electron chi connectivity index (χ3n) is 5.29. The molecule has 4 rings (SSSR count). The van der Waals surface area contributed by atoms with E-state index in [1.165, 1.54) is 18.5 Å². The number of likely N-dealkylation sites (tertiary alicyclic amines) is 1. The van der Waals surface area contributed by atoms with Crippen LogP contribution < -0.4 is 0 Å². The van der Waals surface area contributed by atoms with E-state index < -0.39 is 11.4 Å². The molecule has 0 spiro atoms. The summed E-state index contributed by atoms with van der Waals surface area (Å²) in [6.45, 7) is 0.782. The fourth-order valence-corrected chi connectivity index (χ4v) is 3.68. The Balaban J connectivity index is 1.51. The van der Waals surface area contributed by atoms with Gasteiger partial charge in [0.2, 0.25) is 0 Å². The third kappa shape index (κ3) is 4.30. The molecule has 0 bridgehead atoms. The molecule has 0 aliphatic carbocycles. The highest BCUT2D eigenvalue weighted by Crippen LogP contribution is 2.29. The molecule has 1 fully saturated rings. The van der Waals surface area contributed by atoms with Crippen molar-refractivity contribution in [1.29, 1.82) is 0 Å².